The summed E-state index contributed by atoms with van der Waals surface area (Å²) in [5.41, 5.74) is 4.93. The normalized spacial score (nSPS) is 17.6. The van der Waals surface area contributed by atoms with Gasteiger partial charge in [0, 0.05) is 12.1 Å². The molecule has 0 saturated carbocycles. The molecule has 1 aromatic carbocycles. The maximum Gasteiger partial charge on any atom is 0.485 e. The van der Waals surface area contributed by atoms with Gasteiger partial charge in [-0.3, -0.25) is 5.73 Å². The molecule has 1 aromatic rings. The van der Waals surface area contributed by atoms with Crippen LogP contribution in [0.15, 0.2) is 12.1 Å². The molecule has 0 atom stereocenters. The number of nitrogens with two attached hydrogens (primary N) is 1. The number of benzene rings is 1. The van der Waals surface area contributed by atoms with E-state index in [9.17, 15) is 13.2 Å². The molecular formula is C8H4Cl2F3NO2. The van der Waals surface area contributed by atoms with E-state index in [1.807, 2.05) is 0 Å². The van der Waals surface area contributed by atoms with Crippen molar-refractivity contribution in [2.24, 2.45) is 5.73 Å². The summed E-state index contributed by atoms with van der Waals surface area (Å²) in [6.45, 7) is 0. The Balaban J connectivity index is 2.42. The van der Waals surface area contributed by atoms with Gasteiger partial charge in [0.1, 0.15) is 0 Å². The van der Waals surface area contributed by atoms with Gasteiger partial charge in [-0.2, -0.15) is 13.2 Å². The SMILES string of the molecule is NC1(C(F)(F)F)Oc2cc(Cl)c(Cl)cc2O1. The van der Waals surface area contributed by atoms with Gasteiger partial charge >= 0.3 is 12.1 Å². The third-order valence-electron chi connectivity index (χ3n) is 1.90. The molecule has 0 aliphatic carbocycles. The van der Waals surface area contributed by atoms with Crippen LogP contribution in [0.1, 0.15) is 0 Å². The Morgan fingerprint density at radius 3 is 1.75 bits per heavy atom. The van der Waals surface area contributed by atoms with Crippen molar-refractivity contribution in [3.05, 3.63) is 22.2 Å². The van der Waals surface area contributed by atoms with Crippen LogP contribution in [0.5, 0.6) is 11.5 Å². The van der Waals surface area contributed by atoms with E-state index in [0.717, 1.165) is 12.1 Å². The van der Waals surface area contributed by atoms with Crippen molar-refractivity contribution in [3.8, 4) is 11.5 Å². The van der Waals surface area contributed by atoms with Crippen molar-refractivity contribution in [1.82, 2.24) is 0 Å². The smallest absolute Gasteiger partial charge is 0.429 e. The first-order valence-corrected chi connectivity index (χ1v) is 4.71. The lowest BCUT2D eigenvalue weighted by Gasteiger charge is -2.24. The van der Waals surface area contributed by atoms with E-state index < -0.39 is 12.1 Å². The molecule has 0 radical (unpaired) electrons. The predicted molar refractivity (Wildman–Crippen MR) is 50.7 cm³/mol. The summed E-state index contributed by atoms with van der Waals surface area (Å²) in [4.78, 5) is 0. The van der Waals surface area contributed by atoms with Crippen molar-refractivity contribution in [2.45, 2.75) is 12.1 Å². The van der Waals surface area contributed by atoms with Gasteiger partial charge in [-0.25, -0.2) is 0 Å². The zero-order valence-corrected chi connectivity index (χ0v) is 8.95. The number of hydrogen-bond acceptors (Lipinski definition) is 3. The van der Waals surface area contributed by atoms with Gasteiger partial charge in [0.15, 0.2) is 11.5 Å². The number of hydrogen-bond donors (Lipinski definition) is 1. The van der Waals surface area contributed by atoms with Gasteiger partial charge in [-0.05, 0) is 0 Å². The summed E-state index contributed by atoms with van der Waals surface area (Å²) >= 11 is 11.2. The molecule has 1 heterocycles. The summed E-state index contributed by atoms with van der Waals surface area (Å²) in [6.07, 6.45) is -4.87. The Labute approximate surface area is 97.8 Å². The van der Waals surface area contributed by atoms with E-state index in [1.54, 1.807) is 0 Å². The summed E-state index contributed by atoms with van der Waals surface area (Å²) in [5.74, 6) is -3.59. The lowest BCUT2D eigenvalue weighted by Crippen LogP contribution is -2.60. The first-order chi connectivity index (χ1) is 7.23. The van der Waals surface area contributed by atoms with Gasteiger partial charge in [-0.15, -0.1) is 0 Å². The van der Waals surface area contributed by atoms with Crippen LogP contribution in [0.2, 0.25) is 10.0 Å². The average Bonchev–Trinajstić information content (AvgIpc) is 2.42. The van der Waals surface area contributed by atoms with Crippen LogP contribution in [0.3, 0.4) is 0 Å². The molecule has 1 aliphatic heterocycles. The van der Waals surface area contributed by atoms with Gasteiger partial charge < -0.3 is 9.47 Å². The second kappa shape index (κ2) is 3.32. The summed E-state index contributed by atoms with van der Waals surface area (Å²) in [6, 6.07) is 2.22. The monoisotopic (exact) mass is 273 g/mol. The van der Waals surface area contributed by atoms with Crippen LogP contribution in [0.4, 0.5) is 13.2 Å². The molecule has 0 spiro atoms. The van der Waals surface area contributed by atoms with E-state index in [0.29, 0.717) is 0 Å². The highest BCUT2D eigenvalue weighted by Crippen LogP contribution is 2.46. The molecule has 0 fully saturated rings. The quantitative estimate of drug-likeness (QED) is 0.791. The minimum absolute atomic E-state index is 0.0513. The van der Waals surface area contributed by atoms with Crippen molar-refractivity contribution < 1.29 is 22.6 Å². The maximum atomic E-state index is 12.5. The Morgan fingerprint density at radius 1 is 1.06 bits per heavy atom. The molecule has 0 aromatic heterocycles. The number of halogens is 5. The molecule has 88 valence electrons. The summed E-state index contributed by atoms with van der Waals surface area (Å²) in [5, 5.41) is 0.103. The Morgan fingerprint density at radius 2 is 1.44 bits per heavy atom. The minimum Gasteiger partial charge on any atom is -0.429 e. The van der Waals surface area contributed by atoms with Crippen LogP contribution < -0.4 is 15.2 Å². The highest BCUT2D eigenvalue weighted by Gasteiger charge is 2.61. The van der Waals surface area contributed by atoms with E-state index in [4.69, 9.17) is 28.9 Å². The van der Waals surface area contributed by atoms with Crippen LogP contribution in [0, 0.1) is 0 Å². The molecule has 0 bridgehead atoms. The third-order valence-corrected chi connectivity index (χ3v) is 2.63. The summed E-state index contributed by atoms with van der Waals surface area (Å²) < 4.78 is 46.4. The number of fused-ring (bicyclic) bond motifs is 1. The summed E-state index contributed by atoms with van der Waals surface area (Å²) in [7, 11) is 0. The van der Waals surface area contributed by atoms with Crippen molar-refractivity contribution in [2.75, 3.05) is 0 Å². The average molecular weight is 274 g/mol. The van der Waals surface area contributed by atoms with E-state index in [-0.39, 0.29) is 21.5 Å². The first kappa shape index (κ1) is 11.6. The Bertz CT molecular complexity index is 419. The minimum atomic E-state index is -4.87. The topological polar surface area (TPSA) is 44.5 Å². The van der Waals surface area contributed by atoms with E-state index >= 15 is 0 Å². The van der Waals surface area contributed by atoms with Gasteiger partial charge in [-0.1, -0.05) is 23.2 Å². The highest BCUT2D eigenvalue weighted by atomic mass is 35.5. The molecule has 0 unspecified atom stereocenters. The fraction of sp³-hybridized carbons (Fsp3) is 0.250. The second-order valence-corrected chi connectivity index (χ2v) is 3.90. The maximum absolute atomic E-state index is 12.5. The van der Waals surface area contributed by atoms with Crippen molar-refractivity contribution in [3.63, 3.8) is 0 Å². The molecule has 3 nitrogen and oxygen atoms in total. The zero-order chi connectivity index (χ0) is 12.1. The number of rotatable bonds is 0. The highest BCUT2D eigenvalue weighted by molar-refractivity contribution is 6.42. The first-order valence-electron chi connectivity index (χ1n) is 3.95. The van der Waals surface area contributed by atoms with Gasteiger partial charge in [0.25, 0.3) is 0 Å². The van der Waals surface area contributed by atoms with Gasteiger partial charge in [0.2, 0.25) is 0 Å². The lowest BCUT2D eigenvalue weighted by molar-refractivity contribution is -0.306. The van der Waals surface area contributed by atoms with Crippen molar-refractivity contribution in [1.29, 1.82) is 0 Å². The van der Waals surface area contributed by atoms with Crippen LogP contribution in [-0.4, -0.2) is 12.1 Å². The molecule has 0 amide bonds. The van der Waals surface area contributed by atoms with Crippen LogP contribution in [0.25, 0.3) is 0 Å². The van der Waals surface area contributed by atoms with Crippen LogP contribution in [-0.2, 0) is 0 Å². The third kappa shape index (κ3) is 1.66. The standard InChI is InChI=1S/C8H4Cl2F3NO2/c9-3-1-5-6(2-4(3)10)16-8(14,15-5)7(11,12)13/h1-2H,14H2. The largest absolute Gasteiger partial charge is 0.485 e. The Hall–Kier alpha value is -0.850. The lowest BCUT2D eigenvalue weighted by atomic mass is 10.3. The number of alkyl halides is 3. The fourth-order valence-electron chi connectivity index (χ4n) is 1.13. The van der Waals surface area contributed by atoms with Gasteiger partial charge in [0.05, 0.1) is 10.0 Å². The molecule has 16 heavy (non-hydrogen) atoms. The van der Waals surface area contributed by atoms with Crippen LogP contribution >= 0.6 is 23.2 Å². The fourth-order valence-corrected chi connectivity index (χ4v) is 1.44. The van der Waals surface area contributed by atoms with E-state index in [1.165, 1.54) is 0 Å². The molecule has 8 heteroatoms. The Kier molecular flexibility index (Phi) is 2.41. The molecule has 0 saturated heterocycles. The van der Waals surface area contributed by atoms with Crippen molar-refractivity contribution >= 4 is 23.2 Å². The molecule has 1 aliphatic rings. The van der Waals surface area contributed by atoms with E-state index in [2.05, 4.69) is 9.47 Å². The second-order valence-electron chi connectivity index (χ2n) is 3.08. The molecule has 2 rings (SSSR count). The zero-order valence-electron chi connectivity index (χ0n) is 7.44. The molecule has 2 N–H and O–H groups in total. The predicted octanol–water partition coefficient (Wildman–Crippen LogP) is 2.94. The molecular weight excluding hydrogens is 270 g/mol. The number of ether oxygens (including phenoxy) is 2.